The van der Waals surface area contributed by atoms with Crippen LogP contribution in [0.25, 0.3) is 0 Å². The molecule has 0 bridgehead atoms. The second kappa shape index (κ2) is 5.26. The van der Waals surface area contributed by atoms with Gasteiger partial charge in [0, 0.05) is 6.61 Å². The molecule has 0 atom stereocenters. The zero-order chi connectivity index (χ0) is 11.3. The topological polar surface area (TPSA) is 106 Å². The summed E-state index contributed by atoms with van der Waals surface area (Å²) in [6, 6.07) is 2.87. The van der Waals surface area contributed by atoms with Gasteiger partial charge in [-0.3, -0.25) is 0 Å². The van der Waals surface area contributed by atoms with E-state index >= 15 is 0 Å². The minimum Gasteiger partial charge on any atom is -0.447 e. The molecule has 15 heavy (non-hydrogen) atoms. The lowest BCUT2D eigenvalue weighted by atomic mass is 10.4. The van der Waals surface area contributed by atoms with Crippen molar-refractivity contribution >= 4 is 10.0 Å². The molecular weight excluding hydrogens is 220 g/mol. The normalized spacial score (nSPS) is 11.9. The van der Waals surface area contributed by atoms with Crippen LogP contribution in [-0.2, 0) is 16.6 Å². The van der Waals surface area contributed by atoms with Crippen LogP contribution in [0.4, 0.5) is 0 Å². The smallest absolute Gasteiger partial charge is 0.271 e. The van der Waals surface area contributed by atoms with Crippen LogP contribution in [-0.4, -0.2) is 26.7 Å². The summed E-state index contributed by atoms with van der Waals surface area (Å²) in [5.74, 6) is 0.497. The number of rotatable bonds is 6. The second-order valence-corrected chi connectivity index (χ2v) is 4.51. The molecule has 0 aliphatic carbocycles. The summed E-state index contributed by atoms with van der Waals surface area (Å²) in [6.07, 6.45) is 0.642. The largest absolute Gasteiger partial charge is 0.447 e. The molecule has 4 N–H and O–H groups in total. The highest BCUT2D eigenvalue weighted by Crippen LogP contribution is 2.11. The zero-order valence-corrected chi connectivity index (χ0v) is 8.96. The van der Waals surface area contributed by atoms with Crippen LogP contribution in [0.1, 0.15) is 12.2 Å². The molecule has 0 fully saturated rings. The van der Waals surface area contributed by atoms with Crippen molar-refractivity contribution in [1.29, 1.82) is 0 Å². The van der Waals surface area contributed by atoms with Gasteiger partial charge in [0.15, 0.2) is 0 Å². The zero-order valence-electron chi connectivity index (χ0n) is 8.14. The lowest BCUT2D eigenvalue weighted by Crippen LogP contribution is -2.15. The maximum atomic E-state index is 10.9. The summed E-state index contributed by atoms with van der Waals surface area (Å²) in [5, 5.41) is 16.1. The van der Waals surface area contributed by atoms with Gasteiger partial charge in [-0.15, -0.1) is 0 Å². The number of nitrogens with one attached hydrogen (secondary N) is 1. The van der Waals surface area contributed by atoms with Gasteiger partial charge in [0.25, 0.3) is 10.0 Å². The van der Waals surface area contributed by atoms with Crippen LogP contribution in [0.2, 0.25) is 0 Å². The first kappa shape index (κ1) is 12.2. The van der Waals surface area contributed by atoms with E-state index < -0.39 is 10.0 Å². The first-order chi connectivity index (χ1) is 7.04. The number of sulfonamides is 1. The number of nitrogens with two attached hydrogens (primary N) is 1. The molecule has 7 heteroatoms. The highest BCUT2D eigenvalue weighted by atomic mass is 32.2. The Hall–Kier alpha value is -0.890. The van der Waals surface area contributed by atoms with Gasteiger partial charge in [0.2, 0.25) is 5.09 Å². The van der Waals surface area contributed by atoms with Crippen LogP contribution in [0.3, 0.4) is 0 Å². The lowest BCUT2D eigenvalue weighted by Gasteiger charge is -1.99. The maximum absolute atomic E-state index is 10.9. The van der Waals surface area contributed by atoms with Crippen LogP contribution >= 0.6 is 0 Å². The standard InChI is InChI=1S/C8H14N2O4S/c9-15(12,13)8-3-2-7(14-8)6-10-4-1-5-11/h2-3,10-11H,1,4-6H2,(H2,9,12,13). The van der Waals surface area contributed by atoms with Crippen molar-refractivity contribution in [3.63, 3.8) is 0 Å². The van der Waals surface area contributed by atoms with Gasteiger partial charge >= 0.3 is 0 Å². The molecule has 1 rings (SSSR count). The Labute approximate surface area is 88.1 Å². The van der Waals surface area contributed by atoms with E-state index in [0.29, 0.717) is 25.3 Å². The summed E-state index contributed by atoms with van der Waals surface area (Å²) in [4.78, 5) is 0. The fourth-order valence-electron chi connectivity index (χ4n) is 1.02. The van der Waals surface area contributed by atoms with Crippen LogP contribution in [0, 0.1) is 0 Å². The van der Waals surface area contributed by atoms with E-state index in [1.807, 2.05) is 0 Å². The molecule has 1 aromatic rings. The summed E-state index contributed by atoms with van der Waals surface area (Å²) >= 11 is 0. The fourth-order valence-corrected chi connectivity index (χ4v) is 1.50. The van der Waals surface area contributed by atoms with E-state index in [1.165, 1.54) is 6.07 Å². The predicted octanol–water partition coefficient (Wildman–Crippen LogP) is -0.601. The molecule has 0 saturated carbocycles. The van der Waals surface area contributed by atoms with Crippen LogP contribution < -0.4 is 10.5 Å². The van der Waals surface area contributed by atoms with Crippen molar-refractivity contribution in [2.75, 3.05) is 13.2 Å². The molecule has 1 heterocycles. The Kier molecular flexibility index (Phi) is 4.28. The SMILES string of the molecule is NS(=O)(=O)c1ccc(CNCCCO)o1. The molecule has 0 aliphatic heterocycles. The third-order valence-corrected chi connectivity index (χ3v) is 2.51. The Morgan fingerprint density at radius 3 is 2.73 bits per heavy atom. The van der Waals surface area contributed by atoms with E-state index in [9.17, 15) is 8.42 Å². The van der Waals surface area contributed by atoms with Gasteiger partial charge in [-0.2, -0.15) is 0 Å². The molecule has 0 aliphatic rings. The van der Waals surface area contributed by atoms with Gasteiger partial charge in [0.1, 0.15) is 5.76 Å². The van der Waals surface area contributed by atoms with Crippen molar-refractivity contribution < 1.29 is 17.9 Å². The number of aliphatic hydroxyl groups is 1. The minimum absolute atomic E-state index is 0.119. The summed E-state index contributed by atoms with van der Waals surface area (Å²) in [7, 11) is -3.75. The first-order valence-corrected chi connectivity index (χ1v) is 6.02. The number of furan rings is 1. The van der Waals surface area contributed by atoms with Gasteiger partial charge < -0.3 is 14.8 Å². The van der Waals surface area contributed by atoms with E-state index in [1.54, 1.807) is 6.07 Å². The van der Waals surface area contributed by atoms with Crippen molar-refractivity contribution in [3.05, 3.63) is 17.9 Å². The van der Waals surface area contributed by atoms with Crippen molar-refractivity contribution in [1.82, 2.24) is 5.32 Å². The number of aliphatic hydroxyl groups excluding tert-OH is 1. The molecule has 0 amide bonds. The average Bonchev–Trinajstić information content (AvgIpc) is 2.60. The fraction of sp³-hybridized carbons (Fsp3) is 0.500. The lowest BCUT2D eigenvalue weighted by molar-refractivity contribution is 0.284. The molecule has 1 aromatic heterocycles. The first-order valence-electron chi connectivity index (χ1n) is 4.47. The van der Waals surface area contributed by atoms with E-state index in [-0.39, 0.29) is 11.7 Å². The highest BCUT2D eigenvalue weighted by molar-refractivity contribution is 7.89. The summed E-state index contributed by atoms with van der Waals surface area (Å²) in [5.41, 5.74) is 0. The Morgan fingerprint density at radius 1 is 1.47 bits per heavy atom. The average molecular weight is 234 g/mol. The molecular formula is C8H14N2O4S. The third kappa shape index (κ3) is 4.00. The Bertz CT molecular complexity index is 399. The molecule has 0 saturated heterocycles. The quantitative estimate of drug-likeness (QED) is 0.570. The maximum Gasteiger partial charge on any atom is 0.271 e. The molecule has 6 nitrogen and oxygen atoms in total. The second-order valence-electron chi connectivity index (χ2n) is 3.02. The molecule has 0 unspecified atom stereocenters. The minimum atomic E-state index is -3.75. The number of primary sulfonamides is 1. The molecule has 0 radical (unpaired) electrons. The van der Waals surface area contributed by atoms with E-state index in [0.717, 1.165) is 0 Å². The number of hydrogen-bond acceptors (Lipinski definition) is 5. The third-order valence-electron chi connectivity index (χ3n) is 1.73. The Balaban J connectivity index is 2.47. The van der Waals surface area contributed by atoms with Gasteiger partial charge in [0.05, 0.1) is 6.54 Å². The van der Waals surface area contributed by atoms with Crippen LogP contribution in [0.5, 0.6) is 0 Å². The molecule has 0 aromatic carbocycles. The van der Waals surface area contributed by atoms with Crippen molar-refractivity contribution in [3.8, 4) is 0 Å². The van der Waals surface area contributed by atoms with E-state index in [4.69, 9.17) is 14.7 Å². The summed E-state index contributed by atoms with van der Waals surface area (Å²) < 4.78 is 26.7. The highest BCUT2D eigenvalue weighted by Gasteiger charge is 2.12. The van der Waals surface area contributed by atoms with Gasteiger partial charge in [-0.25, -0.2) is 13.6 Å². The molecule has 0 spiro atoms. The van der Waals surface area contributed by atoms with Crippen molar-refractivity contribution in [2.24, 2.45) is 5.14 Å². The number of hydrogen-bond donors (Lipinski definition) is 3. The van der Waals surface area contributed by atoms with Crippen LogP contribution in [0.15, 0.2) is 21.6 Å². The molecule has 86 valence electrons. The Morgan fingerprint density at radius 2 is 2.20 bits per heavy atom. The van der Waals surface area contributed by atoms with Gasteiger partial charge in [-0.05, 0) is 25.1 Å². The predicted molar refractivity (Wildman–Crippen MR) is 53.5 cm³/mol. The van der Waals surface area contributed by atoms with Crippen molar-refractivity contribution in [2.45, 2.75) is 18.1 Å². The monoisotopic (exact) mass is 234 g/mol. The van der Waals surface area contributed by atoms with E-state index in [2.05, 4.69) is 5.32 Å². The van der Waals surface area contributed by atoms with Gasteiger partial charge in [-0.1, -0.05) is 0 Å². The summed E-state index contributed by atoms with van der Waals surface area (Å²) in [6.45, 7) is 1.17.